The molecule has 0 spiro atoms. The minimum absolute atomic E-state index is 0.196. The number of nitrogens with zero attached hydrogens (tertiary/aromatic N) is 1. The van der Waals surface area contributed by atoms with E-state index in [-0.39, 0.29) is 10.0 Å². The average molecular weight is 348 g/mol. The lowest BCUT2D eigenvalue weighted by atomic mass is 10.0. The smallest absolute Gasteiger partial charge is 0.199 e. The van der Waals surface area contributed by atoms with Crippen molar-refractivity contribution in [3.63, 3.8) is 0 Å². The predicted molar refractivity (Wildman–Crippen MR) is 79.2 cm³/mol. The fourth-order valence-corrected chi connectivity index (χ4v) is 2.51. The topological polar surface area (TPSA) is 30.0 Å². The molecule has 0 aliphatic carbocycles. The van der Waals surface area contributed by atoms with Gasteiger partial charge < -0.3 is 0 Å². The number of carbonyl (C=O) groups is 1. The molecule has 3 rings (SSSR count). The van der Waals surface area contributed by atoms with Crippen molar-refractivity contribution in [2.24, 2.45) is 0 Å². The summed E-state index contributed by atoms with van der Waals surface area (Å²) in [5.41, 5.74) is 0.232. The Morgan fingerprint density at radius 3 is 2.48 bits per heavy atom. The summed E-state index contributed by atoms with van der Waals surface area (Å²) in [6.07, 6.45) is 1.59. The van der Waals surface area contributed by atoms with Crippen molar-refractivity contribution >= 4 is 32.6 Å². The van der Waals surface area contributed by atoms with Crippen molar-refractivity contribution in [3.8, 4) is 0 Å². The number of fused-ring (bicyclic) bond motifs is 1. The maximum atomic E-state index is 13.9. The lowest BCUT2D eigenvalue weighted by Gasteiger charge is -2.06. The monoisotopic (exact) mass is 347 g/mol. The zero-order chi connectivity index (χ0) is 15.0. The first-order valence-electron chi connectivity index (χ1n) is 6.10. The van der Waals surface area contributed by atoms with Gasteiger partial charge in [0.15, 0.2) is 5.78 Å². The summed E-state index contributed by atoms with van der Waals surface area (Å²) in [6.45, 7) is 0. The first-order chi connectivity index (χ1) is 10.1. The van der Waals surface area contributed by atoms with Crippen molar-refractivity contribution in [2.45, 2.75) is 0 Å². The molecular formula is C16H8BrF2NO. The Morgan fingerprint density at radius 1 is 1.05 bits per heavy atom. The minimum atomic E-state index is -0.895. The molecule has 0 unspecified atom stereocenters. The second kappa shape index (κ2) is 5.33. The van der Waals surface area contributed by atoms with Gasteiger partial charge in [0.2, 0.25) is 0 Å². The van der Waals surface area contributed by atoms with E-state index >= 15 is 0 Å². The van der Waals surface area contributed by atoms with E-state index in [2.05, 4.69) is 20.9 Å². The fourth-order valence-electron chi connectivity index (χ4n) is 2.11. The van der Waals surface area contributed by atoms with Crippen LogP contribution in [-0.4, -0.2) is 10.8 Å². The number of ketones is 1. The summed E-state index contributed by atoms with van der Waals surface area (Å²) >= 11 is 2.98. The quantitative estimate of drug-likeness (QED) is 0.638. The van der Waals surface area contributed by atoms with Crippen LogP contribution in [-0.2, 0) is 0 Å². The van der Waals surface area contributed by atoms with Gasteiger partial charge in [-0.05, 0) is 24.3 Å². The first kappa shape index (κ1) is 13.8. The Kier molecular flexibility index (Phi) is 3.51. The number of halogens is 3. The molecule has 0 amide bonds. The molecule has 0 atom stereocenters. The number of benzene rings is 2. The van der Waals surface area contributed by atoms with Crippen LogP contribution in [0.15, 0.2) is 53.1 Å². The summed E-state index contributed by atoms with van der Waals surface area (Å²) < 4.78 is 28.0. The molecule has 5 heteroatoms. The predicted octanol–water partition coefficient (Wildman–Crippen LogP) is 4.51. The summed E-state index contributed by atoms with van der Waals surface area (Å²) in [7, 11) is 0. The highest BCUT2D eigenvalue weighted by molar-refractivity contribution is 9.10. The molecule has 2 nitrogen and oxygen atoms in total. The van der Waals surface area contributed by atoms with Crippen molar-refractivity contribution in [1.82, 2.24) is 4.98 Å². The molecule has 0 fully saturated rings. The molecule has 0 saturated heterocycles. The van der Waals surface area contributed by atoms with Crippen LogP contribution in [0.4, 0.5) is 8.78 Å². The van der Waals surface area contributed by atoms with Gasteiger partial charge in [-0.25, -0.2) is 8.78 Å². The second-order valence-electron chi connectivity index (χ2n) is 4.48. The largest absolute Gasteiger partial charge is 0.288 e. The highest BCUT2D eigenvalue weighted by Gasteiger charge is 2.20. The molecule has 3 aromatic rings. The second-order valence-corrected chi connectivity index (χ2v) is 5.40. The third kappa shape index (κ3) is 2.56. The third-order valence-corrected chi connectivity index (χ3v) is 3.56. The molecule has 0 saturated carbocycles. The van der Waals surface area contributed by atoms with Crippen LogP contribution in [0.3, 0.4) is 0 Å². The third-order valence-electron chi connectivity index (χ3n) is 3.10. The van der Waals surface area contributed by atoms with Crippen molar-refractivity contribution < 1.29 is 13.6 Å². The van der Waals surface area contributed by atoms with E-state index in [1.54, 1.807) is 18.3 Å². The van der Waals surface area contributed by atoms with Gasteiger partial charge in [0.05, 0.1) is 11.1 Å². The molecule has 0 aliphatic heterocycles. The van der Waals surface area contributed by atoms with Crippen LogP contribution in [0.2, 0.25) is 0 Å². The van der Waals surface area contributed by atoms with Crippen LogP contribution in [0, 0.1) is 11.6 Å². The number of carbonyl (C=O) groups excluding carboxylic acids is 1. The first-order valence-corrected chi connectivity index (χ1v) is 6.89. The lowest BCUT2D eigenvalue weighted by molar-refractivity contribution is 0.103. The van der Waals surface area contributed by atoms with Gasteiger partial charge in [0.1, 0.15) is 11.6 Å². The van der Waals surface area contributed by atoms with E-state index < -0.39 is 23.0 Å². The molecule has 21 heavy (non-hydrogen) atoms. The Bertz CT molecular complexity index is 841. The Labute approximate surface area is 127 Å². The van der Waals surface area contributed by atoms with E-state index in [9.17, 15) is 13.6 Å². The van der Waals surface area contributed by atoms with E-state index in [1.807, 2.05) is 6.07 Å². The van der Waals surface area contributed by atoms with Gasteiger partial charge in [-0.3, -0.25) is 9.78 Å². The zero-order valence-electron chi connectivity index (χ0n) is 10.6. The maximum absolute atomic E-state index is 13.9. The number of hydrogen-bond donors (Lipinski definition) is 0. The van der Waals surface area contributed by atoms with Crippen LogP contribution in [0.1, 0.15) is 15.9 Å². The van der Waals surface area contributed by atoms with Gasteiger partial charge in [0.25, 0.3) is 0 Å². The number of rotatable bonds is 2. The van der Waals surface area contributed by atoms with Crippen LogP contribution in [0.25, 0.3) is 10.9 Å². The molecule has 1 aromatic heterocycles. The number of hydrogen-bond acceptors (Lipinski definition) is 2. The highest BCUT2D eigenvalue weighted by Crippen LogP contribution is 2.23. The normalized spacial score (nSPS) is 10.8. The summed E-state index contributed by atoms with van der Waals surface area (Å²) in [4.78, 5) is 16.4. The van der Waals surface area contributed by atoms with E-state index in [0.29, 0.717) is 5.52 Å². The zero-order valence-corrected chi connectivity index (χ0v) is 12.2. The Hall–Kier alpha value is -2.14. The SMILES string of the molecule is O=C(c1ccc2cccnc2c1)c1c(F)cc(Br)cc1F. The fraction of sp³-hybridized carbons (Fsp3) is 0. The molecule has 0 N–H and O–H groups in total. The van der Waals surface area contributed by atoms with Crippen LogP contribution in [0.5, 0.6) is 0 Å². The highest BCUT2D eigenvalue weighted by atomic mass is 79.9. The van der Waals surface area contributed by atoms with Crippen molar-refractivity contribution in [2.75, 3.05) is 0 Å². The molecule has 2 aromatic carbocycles. The maximum Gasteiger partial charge on any atom is 0.199 e. The van der Waals surface area contributed by atoms with E-state index in [1.165, 1.54) is 12.1 Å². The van der Waals surface area contributed by atoms with Crippen molar-refractivity contribution in [1.29, 1.82) is 0 Å². The molecule has 0 bridgehead atoms. The Morgan fingerprint density at radius 2 is 1.76 bits per heavy atom. The molecular weight excluding hydrogens is 340 g/mol. The van der Waals surface area contributed by atoms with E-state index in [0.717, 1.165) is 17.5 Å². The van der Waals surface area contributed by atoms with Crippen LogP contribution < -0.4 is 0 Å². The minimum Gasteiger partial charge on any atom is -0.288 e. The molecule has 1 heterocycles. The molecule has 104 valence electrons. The van der Waals surface area contributed by atoms with E-state index in [4.69, 9.17) is 0 Å². The molecule has 0 aliphatic rings. The van der Waals surface area contributed by atoms with Crippen molar-refractivity contribution in [3.05, 3.63) is 75.9 Å². The number of pyridine rings is 1. The summed E-state index contributed by atoms with van der Waals surface area (Å²) in [5, 5.41) is 0.853. The lowest BCUT2D eigenvalue weighted by Crippen LogP contribution is -2.07. The summed E-state index contributed by atoms with van der Waals surface area (Å²) in [6, 6.07) is 10.5. The van der Waals surface area contributed by atoms with Gasteiger partial charge in [-0.2, -0.15) is 0 Å². The van der Waals surface area contributed by atoms with Gasteiger partial charge in [0, 0.05) is 21.6 Å². The van der Waals surface area contributed by atoms with Crippen LogP contribution >= 0.6 is 15.9 Å². The number of aromatic nitrogens is 1. The van der Waals surface area contributed by atoms with Gasteiger partial charge in [-0.1, -0.05) is 34.1 Å². The molecule has 0 radical (unpaired) electrons. The van der Waals surface area contributed by atoms with Gasteiger partial charge >= 0.3 is 0 Å². The van der Waals surface area contributed by atoms with Gasteiger partial charge in [-0.15, -0.1) is 0 Å². The average Bonchev–Trinajstić information content (AvgIpc) is 2.45. The summed E-state index contributed by atoms with van der Waals surface area (Å²) in [5.74, 6) is -2.49. The standard InChI is InChI=1S/C16H8BrF2NO/c17-11-7-12(18)15(13(19)8-11)16(21)10-4-3-9-2-1-5-20-14(9)6-10/h1-8H. The Balaban J connectivity index is 2.12.